The molecule has 1 saturated heterocycles. The van der Waals surface area contributed by atoms with Crippen molar-refractivity contribution in [1.82, 2.24) is 10.2 Å². The maximum atomic E-state index is 13.0. The molecule has 4 amide bonds. The topological polar surface area (TPSA) is 167 Å². The van der Waals surface area contributed by atoms with E-state index in [1.807, 2.05) is 0 Å². The highest BCUT2D eigenvalue weighted by molar-refractivity contribution is 6.24. The normalized spacial score (nSPS) is 16.9. The van der Waals surface area contributed by atoms with Crippen molar-refractivity contribution < 1.29 is 52.8 Å². The minimum atomic E-state index is -1.03. The van der Waals surface area contributed by atoms with E-state index < -0.39 is 35.6 Å². The van der Waals surface area contributed by atoms with Crippen molar-refractivity contribution in [3.63, 3.8) is 0 Å². The van der Waals surface area contributed by atoms with Crippen LogP contribution in [0.15, 0.2) is 30.4 Å². The fraction of sp³-hybridized carbons (Fsp3) is 0.536. The number of nitrogens with zero attached hydrogens (tertiary/aromatic N) is 1. The van der Waals surface area contributed by atoms with Crippen molar-refractivity contribution in [2.75, 3.05) is 59.5 Å². The van der Waals surface area contributed by atoms with Crippen molar-refractivity contribution in [2.24, 2.45) is 0 Å². The molecule has 224 valence electrons. The summed E-state index contributed by atoms with van der Waals surface area (Å²) in [5.41, 5.74) is 0.254. The zero-order valence-corrected chi connectivity index (χ0v) is 22.8. The maximum Gasteiger partial charge on any atom is 0.327 e. The summed E-state index contributed by atoms with van der Waals surface area (Å²) in [6.07, 6.45) is 5.35. The molecule has 0 bridgehead atoms. The van der Waals surface area contributed by atoms with E-state index in [9.17, 15) is 24.0 Å². The van der Waals surface area contributed by atoms with Gasteiger partial charge >= 0.3 is 5.97 Å². The highest BCUT2D eigenvalue weighted by Gasteiger charge is 2.45. The van der Waals surface area contributed by atoms with E-state index in [0.29, 0.717) is 52.7 Å². The Bertz CT molecular complexity index is 1100. The van der Waals surface area contributed by atoms with Gasteiger partial charge in [0.2, 0.25) is 11.8 Å². The van der Waals surface area contributed by atoms with Gasteiger partial charge in [0, 0.05) is 19.1 Å². The van der Waals surface area contributed by atoms with Gasteiger partial charge in [-0.2, -0.15) is 0 Å². The van der Waals surface area contributed by atoms with Gasteiger partial charge in [-0.1, -0.05) is 12.1 Å². The van der Waals surface area contributed by atoms with E-state index in [1.54, 1.807) is 18.2 Å². The van der Waals surface area contributed by atoms with Crippen LogP contribution in [0.3, 0.4) is 0 Å². The number of nitrogens with one attached hydrogen (secondary N) is 1. The minimum absolute atomic E-state index is 0.0512. The lowest BCUT2D eigenvalue weighted by molar-refractivity contribution is -0.136. The Morgan fingerprint density at radius 2 is 1.51 bits per heavy atom. The Hall–Kier alpha value is -3.65. The van der Waals surface area contributed by atoms with Crippen LogP contribution in [0.4, 0.5) is 0 Å². The second-order valence-electron chi connectivity index (χ2n) is 9.16. The molecule has 1 aromatic carbocycles. The lowest BCUT2D eigenvalue weighted by Gasteiger charge is -2.27. The number of rotatable bonds is 20. The molecule has 0 aliphatic carbocycles. The average Bonchev–Trinajstić information content (AvgIpc) is 3.20. The summed E-state index contributed by atoms with van der Waals surface area (Å²) in [5.74, 6) is -3.02. The van der Waals surface area contributed by atoms with Gasteiger partial charge in [0.15, 0.2) is 0 Å². The summed E-state index contributed by atoms with van der Waals surface area (Å²) < 4.78 is 27.5. The van der Waals surface area contributed by atoms with Crippen LogP contribution in [-0.2, 0) is 33.3 Å². The molecule has 0 saturated carbocycles. The standard InChI is InChI=1S/C28H36N2O11/c31-23-10-9-21(26(34)29-23)30-27(35)20-6-5-7-22(25(20)28(30)36)41-19-18-40-17-16-39-15-14-38-13-12-37-11-4-2-1-3-8-24(32)33/h3,5-8,21H,1-2,4,9-19H2,(H,32,33)(H,29,31,34). The van der Waals surface area contributed by atoms with Crippen LogP contribution in [-0.4, -0.2) is 105 Å². The van der Waals surface area contributed by atoms with Crippen LogP contribution in [0.1, 0.15) is 52.8 Å². The average molecular weight is 577 g/mol. The van der Waals surface area contributed by atoms with E-state index in [-0.39, 0.29) is 42.9 Å². The minimum Gasteiger partial charge on any atom is -0.490 e. The smallest absolute Gasteiger partial charge is 0.327 e. The number of hydrogen-bond donors (Lipinski definition) is 2. The number of aliphatic carboxylic acids is 1. The molecule has 1 unspecified atom stereocenters. The van der Waals surface area contributed by atoms with Gasteiger partial charge in [-0.3, -0.25) is 29.4 Å². The number of imide groups is 2. The predicted octanol–water partition coefficient (Wildman–Crippen LogP) is 1.34. The van der Waals surface area contributed by atoms with Crippen LogP contribution in [0.5, 0.6) is 5.75 Å². The second kappa shape index (κ2) is 17.2. The van der Waals surface area contributed by atoms with Crippen molar-refractivity contribution >= 4 is 29.6 Å². The van der Waals surface area contributed by atoms with E-state index in [0.717, 1.165) is 23.8 Å². The Morgan fingerprint density at radius 1 is 0.878 bits per heavy atom. The molecule has 13 nitrogen and oxygen atoms in total. The van der Waals surface area contributed by atoms with Gasteiger partial charge in [0.05, 0.1) is 57.4 Å². The zero-order chi connectivity index (χ0) is 29.5. The number of ether oxygens (including phenoxy) is 5. The van der Waals surface area contributed by atoms with Crippen molar-refractivity contribution in [2.45, 2.75) is 38.1 Å². The highest BCUT2D eigenvalue weighted by Crippen LogP contribution is 2.33. The van der Waals surface area contributed by atoms with Gasteiger partial charge < -0.3 is 28.8 Å². The van der Waals surface area contributed by atoms with Crippen molar-refractivity contribution in [3.8, 4) is 5.75 Å². The first-order chi connectivity index (χ1) is 19.9. The Kier molecular flexibility index (Phi) is 13.4. The molecule has 41 heavy (non-hydrogen) atoms. The maximum absolute atomic E-state index is 13.0. The Morgan fingerprint density at radius 3 is 2.15 bits per heavy atom. The number of carbonyl (C=O) groups excluding carboxylic acids is 4. The van der Waals surface area contributed by atoms with E-state index in [1.165, 1.54) is 6.07 Å². The molecule has 0 aromatic heterocycles. The molecule has 2 aliphatic rings. The summed E-state index contributed by atoms with van der Waals surface area (Å²) in [6, 6.07) is 3.65. The van der Waals surface area contributed by atoms with Crippen LogP contribution < -0.4 is 10.1 Å². The summed E-state index contributed by atoms with van der Waals surface area (Å²) in [7, 11) is 0. The number of amides is 4. The second-order valence-corrected chi connectivity index (χ2v) is 9.16. The number of allylic oxidation sites excluding steroid dienone is 1. The van der Waals surface area contributed by atoms with Gasteiger partial charge in [0.25, 0.3) is 11.8 Å². The zero-order valence-electron chi connectivity index (χ0n) is 22.8. The third kappa shape index (κ3) is 10.0. The lowest BCUT2D eigenvalue weighted by atomic mass is 10.0. The molecular weight excluding hydrogens is 540 g/mol. The quantitative estimate of drug-likeness (QED) is 0.131. The molecule has 0 radical (unpaired) electrons. The summed E-state index contributed by atoms with van der Waals surface area (Å²) >= 11 is 0. The number of hydrogen-bond acceptors (Lipinski definition) is 10. The SMILES string of the molecule is O=C(O)C=CCCCCOCCOCCOCCOCCOc1cccc2c1C(=O)N(C1CCC(=O)NC1=O)C2=O. The Balaban J connectivity index is 1.21. The molecule has 2 N–H and O–H groups in total. The van der Waals surface area contributed by atoms with E-state index in [2.05, 4.69) is 5.32 Å². The number of piperidine rings is 1. The lowest BCUT2D eigenvalue weighted by Crippen LogP contribution is -2.54. The molecule has 1 atom stereocenters. The summed E-state index contributed by atoms with van der Waals surface area (Å²) in [4.78, 5) is 60.8. The number of fused-ring (bicyclic) bond motifs is 1. The first kappa shape index (κ1) is 31.9. The summed E-state index contributed by atoms with van der Waals surface area (Å²) in [5, 5.41) is 10.7. The molecular formula is C28H36N2O11. The first-order valence-electron chi connectivity index (χ1n) is 13.6. The molecule has 2 aliphatic heterocycles. The summed E-state index contributed by atoms with van der Waals surface area (Å²) in [6.45, 7) is 3.44. The number of carboxylic acids is 1. The highest BCUT2D eigenvalue weighted by atomic mass is 16.6. The number of carboxylic acid groups (broad SMARTS) is 1. The van der Waals surface area contributed by atoms with Crippen molar-refractivity contribution in [3.05, 3.63) is 41.5 Å². The number of unbranched alkanes of at least 4 members (excludes halogenated alkanes) is 2. The van der Waals surface area contributed by atoms with Crippen LogP contribution in [0.25, 0.3) is 0 Å². The van der Waals surface area contributed by atoms with Crippen LogP contribution in [0.2, 0.25) is 0 Å². The molecule has 3 rings (SSSR count). The molecule has 1 fully saturated rings. The molecule has 1 aromatic rings. The van der Waals surface area contributed by atoms with Crippen LogP contribution >= 0.6 is 0 Å². The molecule has 0 spiro atoms. The number of carbonyl (C=O) groups is 5. The molecule has 13 heteroatoms. The molecule has 2 heterocycles. The third-order valence-electron chi connectivity index (χ3n) is 6.20. The monoisotopic (exact) mass is 576 g/mol. The fourth-order valence-electron chi connectivity index (χ4n) is 4.23. The van der Waals surface area contributed by atoms with Gasteiger partial charge in [0.1, 0.15) is 18.4 Å². The van der Waals surface area contributed by atoms with Crippen molar-refractivity contribution in [1.29, 1.82) is 0 Å². The first-order valence-corrected chi connectivity index (χ1v) is 13.6. The van der Waals surface area contributed by atoms with E-state index in [4.69, 9.17) is 28.8 Å². The Labute approximate surface area is 237 Å². The van der Waals surface area contributed by atoms with Gasteiger partial charge in [-0.15, -0.1) is 0 Å². The number of benzene rings is 1. The predicted molar refractivity (Wildman–Crippen MR) is 143 cm³/mol. The van der Waals surface area contributed by atoms with Gasteiger partial charge in [-0.05, 0) is 37.8 Å². The van der Waals surface area contributed by atoms with E-state index >= 15 is 0 Å². The fourth-order valence-corrected chi connectivity index (χ4v) is 4.23. The largest absolute Gasteiger partial charge is 0.490 e. The van der Waals surface area contributed by atoms with Crippen LogP contribution in [0, 0.1) is 0 Å². The van der Waals surface area contributed by atoms with Gasteiger partial charge in [-0.25, -0.2) is 4.79 Å². The third-order valence-corrected chi connectivity index (χ3v) is 6.20.